The van der Waals surface area contributed by atoms with Crippen LogP contribution in [0.3, 0.4) is 0 Å². The minimum atomic E-state index is -1.01. The van der Waals surface area contributed by atoms with E-state index in [4.69, 9.17) is 23.9 Å². The zero-order chi connectivity index (χ0) is 31.2. The molecule has 252 valence electrons. The summed E-state index contributed by atoms with van der Waals surface area (Å²) >= 11 is -0.472. The molecule has 0 aromatic rings. The summed E-state index contributed by atoms with van der Waals surface area (Å²) < 4.78 is 8.64. The molecule has 2 heterocycles. The Morgan fingerprint density at radius 2 is 1.12 bits per heavy atom. The molecule has 0 radical (unpaired) electrons. The van der Waals surface area contributed by atoms with Crippen molar-refractivity contribution in [2.75, 3.05) is 13.1 Å². The number of rotatable bonds is 16. The van der Waals surface area contributed by atoms with Gasteiger partial charge in [0.2, 0.25) is 11.8 Å². The quantitative estimate of drug-likeness (QED) is 0.0652. The van der Waals surface area contributed by atoms with Crippen molar-refractivity contribution in [3.63, 3.8) is 0 Å². The smallest absolute Gasteiger partial charge is 0.693 e. The standard InChI is InChI=1S/C12H17N2O5.C11H16N2O6.2ClH.2H2N.Pt/c1-8(15)5-6-10(16)13-7-3-2-4-9-11(17)19-12(18)14-9;14-8(4-5-9(15)16)12-6-2-1-3-7-10(17)19-11(18)13-7;;;;;/h9H,1-7H2,(H,13,16)(H,14,18);7H,1-6H2,(H,12,14)(H,13,18)(H,15,16);2*1H;2*1H2;/q-1;;;;2*-1;+2/p-2. The van der Waals surface area contributed by atoms with Gasteiger partial charge in [-0.25, -0.2) is 19.2 Å². The van der Waals surface area contributed by atoms with Crippen molar-refractivity contribution in [2.24, 2.45) is 0 Å². The second kappa shape index (κ2) is 26.6. The fraction of sp³-hybridized carbons (Fsp3) is 0.609. The Hall–Kier alpha value is -2.98. The van der Waals surface area contributed by atoms with Crippen molar-refractivity contribution in [1.29, 1.82) is 0 Å². The van der Waals surface area contributed by atoms with Gasteiger partial charge in [0, 0.05) is 25.9 Å². The molecule has 2 atom stereocenters. The SMILES string of the molecule is O=C(O)CCC(=O)NCCCCC1NC(=O)OC1=O.[CH2-]C(=O)CCC(=O)NCCCCC1NC(=O)OC1=O.[Cl][Pt][Cl].[NH2-].[NH2-]. The topological polar surface area (TPSA) is 290 Å². The summed E-state index contributed by atoms with van der Waals surface area (Å²) in [4.78, 5) is 86.8. The third-order valence-electron chi connectivity index (χ3n) is 5.22. The number of carboxylic acids is 1. The molecule has 2 aliphatic rings. The van der Waals surface area contributed by atoms with Crippen LogP contribution in [0.4, 0.5) is 9.59 Å². The molecule has 0 aliphatic carbocycles. The van der Waals surface area contributed by atoms with Crippen LogP contribution in [0.2, 0.25) is 0 Å². The average molecular weight is 840 g/mol. The number of halogens is 2. The minimum absolute atomic E-state index is 0. The first kappa shape index (κ1) is 44.5. The van der Waals surface area contributed by atoms with Gasteiger partial charge in [0.25, 0.3) is 0 Å². The van der Waals surface area contributed by atoms with E-state index in [0.29, 0.717) is 51.6 Å². The third kappa shape index (κ3) is 24.2. The van der Waals surface area contributed by atoms with E-state index in [9.17, 15) is 38.4 Å². The Bertz CT molecular complexity index is 873. The Morgan fingerprint density at radius 1 is 0.744 bits per heavy atom. The summed E-state index contributed by atoms with van der Waals surface area (Å²) in [5.41, 5.74) is 0. The number of amides is 4. The molecule has 0 bridgehead atoms. The van der Waals surface area contributed by atoms with E-state index in [-0.39, 0.29) is 55.6 Å². The molecule has 0 aromatic carbocycles. The summed E-state index contributed by atoms with van der Waals surface area (Å²) in [6.07, 6.45) is 2.20. The molecule has 2 unspecified atom stereocenters. The second-order valence-electron chi connectivity index (χ2n) is 8.48. The number of unbranched alkanes of at least 4 members (excludes halogenated alkanes) is 2. The Kier molecular flexibility index (Phi) is 27.5. The molecule has 0 saturated carbocycles. The monoisotopic (exact) mass is 838 g/mol. The van der Waals surface area contributed by atoms with E-state index in [1.54, 1.807) is 0 Å². The number of cyclic esters (lactones) is 4. The number of nitrogens with one attached hydrogen (secondary N) is 4. The van der Waals surface area contributed by atoms with Gasteiger partial charge in [0.15, 0.2) is 0 Å². The molecule has 2 aliphatic heterocycles. The fourth-order valence-corrected chi connectivity index (χ4v) is 3.22. The molecule has 20 heteroatoms. The van der Waals surface area contributed by atoms with Crippen LogP contribution in [0.25, 0.3) is 12.3 Å². The Morgan fingerprint density at radius 3 is 1.42 bits per heavy atom. The molecule has 4 amide bonds. The van der Waals surface area contributed by atoms with E-state index in [1.165, 1.54) is 0 Å². The predicted octanol–water partition coefficient (Wildman–Crippen LogP) is 2.67. The van der Waals surface area contributed by atoms with Crippen molar-refractivity contribution in [2.45, 2.75) is 76.3 Å². The van der Waals surface area contributed by atoms with Crippen LogP contribution < -0.4 is 21.3 Å². The first-order valence-electron chi connectivity index (χ1n) is 12.4. The summed E-state index contributed by atoms with van der Waals surface area (Å²) in [6.45, 7) is 4.06. The third-order valence-corrected chi connectivity index (χ3v) is 5.22. The van der Waals surface area contributed by atoms with Crippen LogP contribution in [-0.2, 0) is 54.7 Å². The summed E-state index contributed by atoms with van der Waals surface area (Å²) in [6, 6.07) is -1.18. The maximum Gasteiger partial charge on any atom is -0.693 e. The van der Waals surface area contributed by atoms with Crippen molar-refractivity contribution >= 4 is 66.5 Å². The first-order valence-corrected chi connectivity index (χ1v) is 18.0. The zero-order valence-corrected chi connectivity index (χ0v) is 26.9. The van der Waals surface area contributed by atoms with Gasteiger partial charge >= 0.3 is 65.4 Å². The molecule has 43 heavy (non-hydrogen) atoms. The van der Waals surface area contributed by atoms with Gasteiger partial charge in [-0.15, -0.1) is 0 Å². The maximum absolute atomic E-state index is 11.2. The average Bonchev–Trinajstić information content (AvgIpc) is 3.39. The van der Waals surface area contributed by atoms with E-state index in [1.807, 2.05) is 0 Å². The van der Waals surface area contributed by atoms with Crippen LogP contribution in [-0.4, -0.2) is 78.0 Å². The maximum atomic E-state index is 11.2. The molecular formula is C23H37Cl2N6O11Pt-3. The van der Waals surface area contributed by atoms with E-state index in [2.05, 4.69) is 37.7 Å². The van der Waals surface area contributed by atoms with Gasteiger partial charge in [0.1, 0.15) is 12.1 Å². The van der Waals surface area contributed by atoms with Crippen LogP contribution in [0.5, 0.6) is 0 Å². The van der Waals surface area contributed by atoms with Gasteiger partial charge < -0.3 is 59.9 Å². The Balaban J connectivity index is -0.000000653. The van der Waals surface area contributed by atoms with Crippen molar-refractivity contribution in [3.05, 3.63) is 19.2 Å². The molecule has 2 rings (SSSR count). The molecule has 2 saturated heterocycles. The van der Waals surface area contributed by atoms with Gasteiger partial charge in [-0.2, -0.15) is 0 Å². The predicted molar refractivity (Wildman–Crippen MR) is 149 cm³/mol. The number of nitrogens with two attached hydrogens (primary N) is 2. The fourth-order valence-electron chi connectivity index (χ4n) is 3.22. The van der Waals surface area contributed by atoms with E-state index in [0.717, 1.165) is 0 Å². The summed E-state index contributed by atoms with van der Waals surface area (Å²) in [5, 5.41) is 18.4. The number of hydrogen-bond donors (Lipinski definition) is 5. The van der Waals surface area contributed by atoms with Crippen molar-refractivity contribution in [3.8, 4) is 0 Å². The number of alkyl carbamates (subject to hydrolysis) is 2. The van der Waals surface area contributed by atoms with Gasteiger partial charge in [-0.3, -0.25) is 14.4 Å². The number of carbonyl (C=O) groups is 8. The molecule has 0 aromatic heterocycles. The van der Waals surface area contributed by atoms with Crippen LogP contribution in [0.15, 0.2) is 0 Å². The molecule has 9 N–H and O–H groups in total. The Labute approximate surface area is 265 Å². The zero-order valence-electron chi connectivity index (χ0n) is 23.1. The number of ketones is 1. The molecule has 2 fully saturated rings. The van der Waals surface area contributed by atoms with Gasteiger partial charge in [-0.05, 0) is 50.7 Å². The minimum Gasteiger partial charge on any atom is -0.693 e. The summed E-state index contributed by atoms with van der Waals surface area (Å²) in [5.74, 6) is -2.89. The first-order chi connectivity index (χ1) is 19.4. The molecular weight excluding hydrogens is 802 g/mol. The molecule has 0 spiro atoms. The number of carboxylic acid groups (broad SMARTS) is 1. The molecule has 17 nitrogen and oxygen atoms in total. The van der Waals surface area contributed by atoms with Crippen LogP contribution in [0, 0.1) is 6.92 Å². The van der Waals surface area contributed by atoms with Gasteiger partial charge in [-0.1, -0.05) is 0 Å². The van der Waals surface area contributed by atoms with E-state index >= 15 is 0 Å². The van der Waals surface area contributed by atoms with Crippen LogP contribution in [0.1, 0.15) is 64.2 Å². The second-order valence-corrected chi connectivity index (χ2v) is 11.8. The number of hydrogen-bond acceptors (Lipinski definition) is 10. The number of ether oxygens (including phenoxy) is 2. The van der Waals surface area contributed by atoms with Gasteiger partial charge in [0.05, 0.1) is 6.42 Å². The number of aliphatic carboxylic acids is 1. The number of Topliss-reactive ketones (excluding diaryl/α,β-unsaturated/α-hetero) is 1. The summed E-state index contributed by atoms with van der Waals surface area (Å²) in [7, 11) is 9.75. The number of carbonyl (C=O) groups excluding carboxylic acids is 7. The normalized spacial score (nSPS) is 16.2. The van der Waals surface area contributed by atoms with Crippen LogP contribution >= 0.6 is 18.8 Å². The largest absolute Gasteiger partial charge is 0.693 e. The van der Waals surface area contributed by atoms with Crippen molar-refractivity contribution < 1.29 is 69.4 Å². The number of esters is 2. The van der Waals surface area contributed by atoms with E-state index < -0.39 is 58.7 Å². The van der Waals surface area contributed by atoms with Crippen molar-refractivity contribution in [1.82, 2.24) is 21.3 Å².